The second-order valence-electron chi connectivity index (χ2n) is 4.15. The van der Waals surface area contributed by atoms with E-state index in [0.717, 1.165) is 11.1 Å². The topological polar surface area (TPSA) is 33.1 Å². The van der Waals surface area contributed by atoms with Gasteiger partial charge in [-0.15, -0.1) is 0 Å². The van der Waals surface area contributed by atoms with E-state index < -0.39 is 11.9 Å². The number of benzene rings is 1. The first-order valence-electron chi connectivity index (χ1n) is 5.61. The number of hydrogen-bond donors (Lipinski definition) is 1. The van der Waals surface area contributed by atoms with Gasteiger partial charge in [0.25, 0.3) is 0 Å². The van der Waals surface area contributed by atoms with Gasteiger partial charge in [0.2, 0.25) is 0 Å². The van der Waals surface area contributed by atoms with Crippen molar-refractivity contribution >= 4 is 11.6 Å². The summed E-state index contributed by atoms with van der Waals surface area (Å²) < 4.78 is 13.6. The van der Waals surface area contributed by atoms with Crippen molar-refractivity contribution in [1.82, 2.24) is 4.98 Å². The van der Waals surface area contributed by atoms with Crippen LogP contribution in [0.15, 0.2) is 36.7 Å². The molecule has 2 nitrogen and oxygen atoms in total. The van der Waals surface area contributed by atoms with Crippen molar-refractivity contribution in [2.45, 2.75) is 19.4 Å². The summed E-state index contributed by atoms with van der Waals surface area (Å²) in [6, 6.07) is 6.24. The molecule has 1 N–H and O–H groups in total. The lowest BCUT2D eigenvalue weighted by Crippen LogP contribution is -2.06. The Morgan fingerprint density at radius 1 is 1.39 bits per heavy atom. The van der Waals surface area contributed by atoms with Gasteiger partial charge in [-0.3, -0.25) is 4.98 Å². The van der Waals surface area contributed by atoms with Crippen LogP contribution in [0, 0.1) is 12.7 Å². The first-order chi connectivity index (χ1) is 8.59. The van der Waals surface area contributed by atoms with Crippen molar-refractivity contribution in [3.63, 3.8) is 0 Å². The molecule has 1 unspecified atom stereocenters. The smallest absolute Gasteiger partial charge is 0.127 e. The van der Waals surface area contributed by atoms with Crippen molar-refractivity contribution in [2.24, 2.45) is 0 Å². The van der Waals surface area contributed by atoms with Crippen LogP contribution in [0.1, 0.15) is 22.8 Å². The molecule has 0 bridgehead atoms. The molecule has 1 heterocycles. The molecule has 94 valence electrons. The van der Waals surface area contributed by atoms with Crippen molar-refractivity contribution in [1.29, 1.82) is 0 Å². The van der Waals surface area contributed by atoms with Crippen LogP contribution in [0.5, 0.6) is 0 Å². The second-order valence-corrected chi connectivity index (χ2v) is 4.56. The van der Waals surface area contributed by atoms with Gasteiger partial charge in [0.15, 0.2) is 0 Å². The van der Waals surface area contributed by atoms with Gasteiger partial charge in [-0.05, 0) is 36.2 Å². The number of nitrogens with zero attached hydrogens (tertiary/aromatic N) is 1. The highest BCUT2D eigenvalue weighted by Gasteiger charge is 2.15. The number of aryl methyl sites for hydroxylation is 1. The van der Waals surface area contributed by atoms with Crippen LogP contribution < -0.4 is 0 Å². The first-order valence-corrected chi connectivity index (χ1v) is 5.99. The van der Waals surface area contributed by atoms with E-state index in [1.54, 1.807) is 30.6 Å². The van der Waals surface area contributed by atoms with Crippen LogP contribution in [-0.4, -0.2) is 10.1 Å². The van der Waals surface area contributed by atoms with Crippen molar-refractivity contribution in [2.75, 3.05) is 0 Å². The number of aromatic nitrogens is 1. The minimum absolute atomic E-state index is 0.149. The molecule has 1 atom stereocenters. The van der Waals surface area contributed by atoms with E-state index in [1.807, 2.05) is 6.92 Å². The van der Waals surface area contributed by atoms with Gasteiger partial charge in [0.1, 0.15) is 5.82 Å². The highest BCUT2D eigenvalue weighted by atomic mass is 35.5. The van der Waals surface area contributed by atoms with Gasteiger partial charge in [-0.25, -0.2) is 4.39 Å². The maximum absolute atomic E-state index is 13.6. The molecule has 4 heteroatoms. The fourth-order valence-electron chi connectivity index (χ4n) is 1.89. The van der Waals surface area contributed by atoms with E-state index in [0.29, 0.717) is 10.6 Å². The molecular formula is C14H13ClFNO. The number of hydrogen-bond acceptors (Lipinski definition) is 2. The molecule has 0 spiro atoms. The molecule has 0 aliphatic rings. The monoisotopic (exact) mass is 265 g/mol. The summed E-state index contributed by atoms with van der Waals surface area (Å²) in [5, 5.41) is 10.5. The maximum Gasteiger partial charge on any atom is 0.127 e. The van der Waals surface area contributed by atoms with Gasteiger partial charge >= 0.3 is 0 Å². The van der Waals surface area contributed by atoms with Gasteiger partial charge in [-0.2, -0.15) is 0 Å². The van der Waals surface area contributed by atoms with E-state index in [-0.39, 0.29) is 6.42 Å². The summed E-state index contributed by atoms with van der Waals surface area (Å²) in [5.74, 6) is -0.395. The third kappa shape index (κ3) is 2.68. The number of pyridine rings is 1. The third-order valence-electron chi connectivity index (χ3n) is 2.88. The minimum atomic E-state index is -0.789. The summed E-state index contributed by atoms with van der Waals surface area (Å²) in [7, 11) is 0. The molecule has 0 aliphatic heterocycles. The predicted octanol–water partition coefficient (Wildman–Crippen LogP) is 3.46. The van der Waals surface area contributed by atoms with Gasteiger partial charge in [0, 0.05) is 29.4 Å². The standard InChI is InChI=1S/C14H13ClFNO/c1-9-8-17-6-5-10(9)14(18)7-11-12(15)3-2-4-13(11)16/h2-6,8,14,18H,7H2,1H3. The van der Waals surface area contributed by atoms with E-state index >= 15 is 0 Å². The molecule has 0 saturated heterocycles. The molecule has 1 aromatic heterocycles. The minimum Gasteiger partial charge on any atom is -0.388 e. The predicted molar refractivity (Wildman–Crippen MR) is 69.0 cm³/mol. The summed E-state index contributed by atoms with van der Waals surface area (Å²) >= 11 is 5.94. The van der Waals surface area contributed by atoms with E-state index in [4.69, 9.17) is 11.6 Å². The van der Waals surface area contributed by atoms with Crippen molar-refractivity contribution in [3.05, 3.63) is 64.2 Å². The van der Waals surface area contributed by atoms with E-state index in [1.165, 1.54) is 6.07 Å². The van der Waals surface area contributed by atoms with Gasteiger partial charge in [-0.1, -0.05) is 17.7 Å². The zero-order valence-electron chi connectivity index (χ0n) is 9.90. The highest BCUT2D eigenvalue weighted by molar-refractivity contribution is 6.31. The Hall–Kier alpha value is -1.45. The van der Waals surface area contributed by atoms with Crippen molar-refractivity contribution in [3.8, 4) is 0 Å². The Kier molecular flexibility index (Phi) is 3.94. The van der Waals surface area contributed by atoms with E-state index in [2.05, 4.69) is 4.98 Å². The number of aliphatic hydroxyl groups excluding tert-OH is 1. The lowest BCUT2D eigenvalue weighted by Gasteiger charge is -2.14. The summed E-state index contributed by atoms with van der Waals surface area (Å²) in [6.45, 7) is 1.86. The molecule has 0 amide bonds. The van der Waals surface area contributed by atoms with Crippen LogP contribution in [0.3, 0.4) is 0 Å². The highest BCUT2D eigenvalue weighted by Crippen LogP contribution is 2.26. The Morgan fingerprint density at radius 2 is 2.17 bits per heavy atom. The summed E-state index contributed by atoms with van der Waals surface area (Å²) in [4.78, 5) is 3.96. The maximum atomic E-state index is 13.6. The average Bonchev–Trinajstić information content (AvgIpc) is 2.34. The Balaban J connectivity index is 2.27. The Morgan fingerprint density at radius 3 is 2.83 bits per heavy atom. The Labute approximate surface area is 110 Å². The first kappa shape index (κ1) is 13.0. The molecule has 2 rings (SSSR count). The van der Waals surface area contributed by atoms with Crippen LogP contribution >= 0.6 is 11.6 Å². The molecular weight excluding hydrogens is 253 g/mol. The molecule has 0 fully saturated rings. The number of rotatable bonds is 3. The molecule has 0 aliphatic carbocycles. The lowest BCUT2D eigenvalue weighted by atomic mass is 9.99. The van der Waals surface area contributed by atoms with Gasteiger partial charge in [0.05, 0.1) is 6.10 Å². The summed E-state index contributed by atoms with van der Waals surface area (Å²) in [5.41, 5.74) is 1.95. The zero-order valence-corrected chi connectivity index (χ0v) is 10.7. The van der Waals surface area contributed by atoms with Crippen molar-refractivity contribution < 1.29 is 9.50 Å². The fraction of sp³-hybridized carbons (Fsp3) is 0.214. The largest absolute Gasteiger partial charge is 0.388 e. The molecule has 18 heavy (non-hydrogen) atoms. The fourth-order valence-corrected chi connectivity index (χ4v) is 2.13. The molecule has 2 aromatic rings. The Bertz CT molecular complexity index is 539. The quantitative estimate of drug-likeness (QED) is 0.922. The van der Waals surface area contributed by atoms with Gasteiger partial charge < -0.3 is 5.11 Å². The van der Waals surface area contributed by atoms with Crippen LogP contribution in [0.4, 0.5) is 4.39 Å². The second kappa shape index (κ2) is 5.46. The molecule has 0 radical (unpaired) electrons. The number of halogens is 2. The van der Waals surface area contributed by atoms with E-state index in [9.17, 15) is 9.50 Å². The average molecular weight is 266 g/mol. The normalized spacial score (nSPS) is 12.4. The lowest BCUT2D eigenvalue weighted by molar-refractivity contribution is 0.176. The SMILES string of the molecule is Cc1cnccc1C(O)Cc1c(F)cccc1Cl. The molecule has 1 aromatic carbocycles. The molecule has 0 saturated carbocycles. The van der Waals surface area contributed by atoms with Crippen LogP contribution in [0.25, 0.3) is 0 Å². The zero-order chi connectivity index (χ0) is 13.1. The summed E-state index contributed by atoms with van der Waals surface area (Å²) in [6.07, 6.45) is 2.63. The van der Waals surface area contributed by atoms with Crippen LogP contribution in [0.2, 0.25) is 5.02 Å². The number of aliphatic hydroxyl groups is 1. The van der Waals surface area contributed by atoms with Crippen LogP contribution in [-0.2, 0) is 6.42 Å². The third-order valence-corrected chi connectivity index (χ3v) is 3.24.